The van der Waals surface area contributed by atoms with Gasteiger partial charge in [-0.15, -0.1) is 0 Å². The van der Waals surface area contributed by atoms with Crippen LogP contribution in [-0.4, -0.2) is 15.5 Å². The number of fused-ring (bicyclic) bond motifs is 1. The first-order valence-electron chi connectivity index (χ1n) is 5.80. The molecule has 3 rings (SSSR count). The van der Waals surface area contributed by atoms with Crippen molar-refractivity contribution in [2.24, 2.45) is 0 Å². The van der Waals surface area contributed by atoms with Crippen LogP contribution in [0.5, 0.6) is 0 Å². The van der Waals surface area contributed by atoms with Gasteiger partial charge in [0.2, 0.25) is 0 Å². The number of imidazole rings is 1. The van der Waals surface area contributed by atoms with E-state index in [0.717, 1.165) is 35.1 Å². The number of nitrogens with zero attached hydrogens (tertiary/aromatic N) is 1. The molecule has 1 N–H and O–H groups in total. The summed E-state index contributed by atoms with van der Waals surface area (Å²) in [5.41, 5.74) is 2.82. The number of benzene rings is 1. The van der Waals surface area contributed by atoms with Crippen molar-refractivity contribution in [2.45, 2.75) is 19.3 Å². The lowest BCUT2D eigenvalue weighted by Gasteiger charge is -2.05. The number of carbonyl (C=O) groups is 1. The van der Waals surface area contributed by atoms with Gasteiger partial charge >= 0.3 is 0 Å². The van der Waals surface area contributed by atoms with Crippen molar-refractivity contribution < 1.29 is 4.79 Å². The smallest absolute Gasteiger partial charge is 0.264 e. The first kappa shape index (κ1) is 11.9. The first-order chi connectivity index (χ1) is 8.66. The molecule has 1 heterocycles. The van der Waals surface area contributed by atoms with E-state index >= 15 is 0 Å². The van der Waals surface area contributed by atoms with E-state index in [1.54, 1.807) is 4.57 Å². The van der Waals surface area contributed by atoms with Crippen molar-refractivity contribution in [3.05, 3.63) is 50.5 Å². The number of carbonyl (C=O) groups excluding carboxylic acids is 1. The molecular formula is C13H11BrN2OS. The lowest BCUT2D eigenvalue weighted by molar-refractivity contribution is 0.0955. The number of hydrogen-bond donors (Lipinski definition) is 1. The summed E-state index contributed by atoms with van der Waals surface area (Å²) in [7, 11) is 0. The molecule has 0 radical (unpaired) electrons. The van der Waals surface area contributed by atoms with Gasteiger partial charge in [0, 0.05) is 21.4 Å². The van der Waals surface area contributed by atoms with Gasteiger partial charge in [-0.2, -0.15) is 0 Å². The van der Waals surface area contributed by atoms with E-state index in [1.165, 1.54) is 0 Å². The molecule has 1 aliphatic rings. The van der Waals surface area contributed by atoms with Gasteiger partial charge < -0.3 is 4.98 Å². The molecule has 0 amide bonds. The molecule has 0 atom stereocenters. The fourth-order valence-electron chi connectivity index (χ4n) is 2.35. The SMILES string of the molecule is O=C(c1ccc(Br)cc1)n1c2c([nH]c1=S)CCC2. The minimum Gasteiger partial charge on any atom is -0.334 e. The highest BCUT2D eigenvalue weighted by molar-refractivity contribution is 9.10. The van der Waals surface area contributed by atoms with E-state index in [0.29, 0.717) is 10.3 Å². The normalized spacial score (nSPS) is 13.6. The van der Waals surface area contributed by atoms with Gasteiger partial charge in [0.1, 0.15) is 0 Å². The summed E-state index contributed by atoms with van der Waals surface area (Å²) in [5, 5.41) is 0. The number of aromatic amines is 1. The summed E-state index contributed by atoms with van der Waals surface area (Å²) in [6, 6.07) is 7.35. The van der Waals surface area contributed by atoms with Crippen molar-refractivity contribution in [2.75, 3.05) is 0 Å². The topological polar surface area (TPSA) is 37.8 Å². The van der Waals surface area contributed by atoms with E-state index in [4.69, 9.17) is 12.2 Å². The summed E-state index contributed by atoms with van der Waals surface area (Å²) >= 11 is 8.60. The average Bonchev–Trinajstić information content (AvgIpc) is 2.89. The average molecular weight is 323 g/mol. The maximum atomic E-state index is 12.5. The van der Waals surface area contributed by atoms with E-state index < -0.39 is 0 Å². The highest BCUT2D eigenvalue weighted by Gasteiger charge is 2.22. The van der Waals surface area contributed by atoms with Crippen molar-refractivity contribution in [3.63, 3.8) is 0 Å². The van der Waals surface area contributed by atoms with Crippen LogP contribution in [0.2, 0.25) is 0 Å². The monoisotopic (exact) mass is 322 g/mol. The van der Waals surface area contributed by atoms with Gasteiger partial charge in [-0.3, -0.25) is 9.36 Å². The highest BCUT2D eigenvalue weighted by atomic mass is 79.9. The van der Waals surface area contributed by atoms with Crippen LogP contribution >= 0.6 is 28.1 Å². The molecule has 0 saturated carbocycles. The van der Waals surface area contributed by atoms with Gasteiger partial charge in [0.15, 0.2) is 4.77 Å². The van der Waals surface area contributed by atoms with E-state index in [-0.39, 0.29) is 5.91 Å². The molecule has 3 nitrogen and oxygen atoms in total. The second kappa shape index (κ2) is 4.48. The van der Waals surface area contributed by atoms with Gasteiger partial charge in [0.25, 0.3) is 5.91 Å². The molecule has 1 aliphatic carbocycles. The largest absolute Gasteiger partial charge is 0.334 e. The zero-order valence-corrected chi connectivity index (χ0v) is 12.0. The number of aromatic nitrogens is 2. The molecule has 0 bridgehead atoms. The van der Waals surface area contributed by atoms with E-state index in [2.05, 4.69) is 20.9 Å². The predicted molar refractivity (Wildman–Crippen MR) is 75.5 cm³/mol. The van der Waals surface area contributed by atoms with Crippen LogP contribution in [0, 0.1) is 4.77 Å². The summed E-state index contributed by atoms with van der Waals surface area (Å²) in [6.45, 7) is 0. The van der Waals surface area contributed by atoms with Gasteiger partial charge in [0.05, 0.1) is 0 Å². The van der Waals surface area contributed by atoms with Gasteiger partial charge in [-0.05, 0) is 55.7 Å². The second-order valence-electron chi connectivity index (χ2n) is 4.36. The van der Waals surface area contributed by atoms with Crippen molar-refractivity contribution >= 4 is 34.1 Å². The second-order valence-corrected chi connectivity index (χ2v) is 5.66. The Balaban J connectivity index is 2.08. The quantitative estimate of drug-likeness (QED) is 0.816. The highest BCUT2D eigenvalue weighted by Crippen LogP contribution is 2.22. The standard InChI is InChI=1S/C13H11BrN2OS/c14-9-6-4-8(5-7-9)12(17)16-11-3-1-2-10(11)15-13(16)18/h4-7H,1-3H2,(H,15,18). The van der Waals surface area contributed by atoms with Gasteiger partial charge in [-0.25, -0.2) is 0 Å². The zero-order valence-electron chi connectivity index (χ0n) is 9.57. The van der Waals surface area contributed by atoms with Crippen LogP contribution in [0.1, 0.15) is 28.2 Å². The Morgan fingerprint density at radius 1 is 1.28 bits per heavy atom. The van der Waals surface area contributed by atoms with Crippen LogP contribution in [-0.2, 0) is 12.8 Å². The Morgan fingerprint density at radius 3 is 2.72 bits per heavy atom. The molecule has 0 unspecified atom stereocenters. The van der Waals surface area contributed by atoms with Crippen LogP contribution in [0.3, 0.4) is 0 Å². The maximum absolute atomic E-state index is 12.5. The Labute approximate surface area is 118 Å². The molecule has 0 saturated heterocycles. The number of aryl methyl sites for hydroxylation is 1. The first-order valence-corrected chi connectivity index (χ1v) is 7.00. The molecule has 0 spiro atoms. The number of nitrogens with one attached hydrogen (secondary N) is 1. The lowest BCUT2D eigenvalue weighted by atomic mass is 10.2. The maximum Gasteiger partial charge on any atom is 0.264 e. The zero-order chi connectivity index (χ0) is 12.7. The molecule has 1 aromatic heterocycles. The van der Waals surface area contributed by atoms with Crippen LogP contribution < -0.4 is 0 Å². The summed E-state index contributed by atoms with van der Waals surface area (Å²) < 4.78 is 3.11. The lowest BCUT2D eigenvalue weighted by Crippen LogP contribution is -2.14. The van der Waals surface area contributed by atoms with Crippen molar-refractivity contribution in [1.82, 2.24) is 9.55 Å². The van der Waals surface area contributed by atoms with Crippen LogP contribution in [0.25, 0.3) is 0 Å². The Morgan fingerprint density at radius 2 is 2.00 bits per heavy atom. The summed E-state index contributed by atoms with van der Waals surface area (Å²) in [6.07, 6.45) is 2.99. The molecule has 0 aliphatic heterocycles. The number of halogens is 1. The molecular weight excluding hydrogens is 312 g/mol. The van der Waals surface area contributed by atoms with Crippen molar-refractivity contribution in [3.8, 4) is 0 Å². The minimum atomic E-state index is -0.0492. The fourth-order valence-corrected chi connectivity index (χ4v) is 2.93. The Hall–Kier alpha value is -1.20. The molecule has 2 aromatic rings. The van der Waals surface area contributed by atoms with E-state index in [1.807, 2.05) is 24.3 Å². The van der Waals surface area contributed by atoms with Crippen LogP contribution in [0.15, 0.2) is 28.7 Å². The Bertz CT molecular complexity index is 669. The molecule has 18 heavy (non-hydrogen) atoms. The summed E-state index contributed by atoms with van der Waals surface area (Å²) in [4.78, 5) is 15.6. The Kier molecular flexibility index (Phi) is 2.95. The fraction of sp³-hybridized carbons (Fsp3) is 0.231. The molecule has 92 valence electrons. The third-order valence-corrected chi connectivity index (χ3v) is 4.03. The minimum absolute atomic E-state index is 0.0492. The predicted octanol–water partition coefficient (Wildman–Crippen LogP) is 3.49. The number of hydrogen-bond acceptors (Lipinski definition) is 2. The number of H-pyrrole nitrogens is 1. The number of rotatable bonds is 1. The molecule has 1 aromatic carbocycles. The van der Waals surface area contributed by atoms with Crippen molar-refractivity contribution in [1.29, 1.82) is 0 Å². The molecule has 0 fully saturated rings. The third kappa shape index (κ3) is 1.87. The van der Waals surface area contributed by atoms with E-state index in [9.17, 15) is 4.79 Å². The molecule has 5 heteroatoms. The summed E-state index contributed by atoms with van der Waals surface area (Å²) in [5.74, 6) is -0.0492. The van der Waals surface area contributed by atoms with Gasteiger partial charge in [-0.1, -0.05) is 15.9 Å². The van der Waals surface area contributed by atoms with Crippen LogP contribution in [0.4, 0.5) is 0 Å². The third-order valence-electron chi connectivity index (χ3n) is 3.21.